The summed E-state index contributed by atoms with van der Waals surface area (Å²) < 4.78 is 34.6. The van der Waals surface area contributed by atoms with Crippen LogP contribution >= 0.6 is 0 Å². The van der Waals surface area contributed by atoms with E-state index in [1.807, 2.05) is 0 Å². The molecule has 3 rings (SSSR count). The summed E-state index contributed by atoms with van der Waals surface area (Å²) in [4.78, 5) is 16.6. The first-order chi connectivity index (χ1) is 13.6. The molecular formula is C19H18FN3O5. The highest BCUT2D eigenvalue weighted by Crippen LogP contribution is 2.38. The van der Waals surface area contributed by atoms with Crippen molar-refractivity contribution in [2.24, 2.45) is 0 Å². The molecule has 1 amide bonds. The monoisotopic (exact) mass is 387 g/mol. The lowest BCUT2D eigenvalue weighted by molar-refractivity contribution is 0.0945. The van der Waals surface area contributed by atoms with Crippen LogP contribution in [0, 0.1) is 5.82 Å². The fourth-order valence-corrected chi connectivity index (χ4v) is 2.55. The highest BCUT2D eigenvalue weighted by molar-refractivity contribution is 5.95. The SMILES string of the molecule is COc1cc(C(=O)NCc2nc(-c3ccccc3F)no2)cc(OC)c1OC. The van der Waals surface area contributed by atoms with Gasteiger partial charge in [-0.1, -0.05) is 17.3 Å². The fourth-order valence-electron chi connectivity index (χ4n) is 2.55. The van der Waals surface area contributed by atoms with E-state index in [4.69, 9.17) is 18.7 Å². The molecule has 0 unspecified atom stereocenters. The first-order valence-corrected chi connectivity index (χ1v) is 8.23. The molecule has 0 radical (unpaired) electrons. The van der Waals surface area contributed by atoms with Crippen LogP contribution in [0.5, 0.6) is 17.2 Å². The molecule has 8 nitrogen and oxygen atoms in total. The number of ether oxygens (including phenoxy) is 3. The fraction of sp³-hybridized carbons (Fsp3) is 0.211. The number of hydrogen-bond donors (Lipinski definition) is 1. The summed E-state index contributed by atoms with van der Waals surface area (Å²) in [6.07, 6.45) is 0. The Kier molecular flexibility index (Phi) is 5.73. The van der Waals surface area contributed by atoms with Gasteiger partial charge in [-0.05, 0) is 24.3 Å². The van der Waals surface area contributed by atoms with Crippen molar-refractivity contribution in [3.63, 3.8) is 0 Å². The number of hydrogen-bond acceptors (Lipinski definition) is 7. The zero-order chi connectivity index (χ0) is 20.1. The van der Waals surface area contributed by atoms with Crippen molar-refractivity contribution in [3.05, 3.63) is 53.7 Å². The largest absolute Gasteiger partial charge is 0.493 e. The molecule has 1 heterocycles. The van der Waals surface area contributed by atoms with Crippen LogP contribution in [0.4, 0.5) is 4.39 Å². The number of halogens is 1. The standard InChI is InChI=1S/C19H18FN3O5/c1-25-14-8-11(9-15(26-2)17(14)27-3)19(24)21-10-16-22-18(23-28-16)12-6-4-5-7-13(12)20/h4-9H,10H2,1-3H3,(H,21,24). The Balaban J connectivity index is 1.74. The summed E-state index contributed by atoms with van der Waals surface area (Å²) in [7, 11) is 4.40. The highest BCUT2D eigenvalue weighted by atomic mass is 19.1. The molecule has 1 N–H and O–H groups in total. The summed E-state index contributed by atoms with van der Waals surface area (Å²) >= 11 is 0. The molecule has 0 spiro atoms. The quantitative estimate of drug-likeness (QED) is 0.666. The van der Waals surface area contributed by atoms with Gasteiger partial charge in [-0.2, -0.15) is 4.98 Å². The molecule has 0 aliphatic heterocycles. The zero-order valence-corrected chi connectivity index (χ0v) is 15.5. The van der Waals surface area contributed by atoms with Gasteiger partial charge < -0.3 is 24.1 Å². The number of rotatable bonds is 7. The minimum atomic E-state index is -0.462. The van der Waals surface area contributed by atoms with Crippen molar-refractivity contribution >= 4 is 5.91 Å². The molecule has 0 bridgehead atoms. The first kappa shape index (κ1) is 19.2. The van der Waals surface area contributed by atoms with Crippen molar-refractivity contribution in [3.8, 4) is 28.6 Å². The van der Waals surface area contributed by atoms with Gasteiger partial charge in [0.25, 0.3) is 5.91 Å². The van der Waals surface area contributed by atoms with E-state index in [9.17, 15) is 9.18 Å². The summed E-state index contributed by atoms with van der Waals surface area (Å²) in [6.45, 7) is -0.0308. The smallest absolute Gasteiger partial charge is 0.251 e. The maximum atomic E-state index is 13.8. The van der Waals surface area contributed by atoms with Crippen LogP contribution in [0.1, 0.15) is 16.2 Å². The number of carbonyl (C=O) groups is 1. The van der Waals surface area contributed by atoms with Crippen molar-refractivity contribution in [1.82, 2.24) is 15.5 Å². The summed E-state index contributed by atoms with van der Waals surface area (Å²) in [6, 6.07) is 9.12. The zero-order valence-electron chi connectivity index (χ0n) is 15.5. The average Bonchev–Trinajstić information content (AvgIpc) is 3.19. The molecule has 2 aromatic carbocycles. The number of aromatic nitrogens is 2. The number of nitrogens with zero attached hydrogens (tertiary/aromatic N) is 2. The van der Waals surface area contributed by atoms with Gasteiger partial charge in [0, 0.05) is 5.56 Å². The lowest BCUT2D eigenvalue weighted by Gasteiger charge is -2.13. The molecular weight excluding hydrogens is 369 g/mol. The normalized spacial score (nSPS) is 10.4. The van der Waals surface area contributed by atoms with Gasteiger partial charge >= 0.3 is 0 Å². The van der Waals surface area contributed by atoms with E-state index < -0.39 is 11.7 Å². The predicted octanol–water partition coefficient (Wildman–Crippen LogP) is 2.83. The van der Waals surface area contributed by atoms with E-state index in [0.717, 1.165) is 0 Å². The molecule has 9 heteroatoms. The van der Waals surface area contributed by atoms with Gasteiger partial charge in [-0.25, -0.2) is 4.39 Å². The van der Waals surface area contributed by atoms with Crippen LogP contribution < -0.4 is 19.5 Å². The van der Waals surface area contributed by atoms with E-state index in [0.29, 0.717) is 22.8 Å². The van der Waals surface area contributed by atoms with Crippen LogP contribution in [0.3, 0.4) is 0 Å². The van der Waals surface area contributed by atoms with Crippen molar-refractivity contribution in [2.75, 3.05) is 21.3 Å². The molecule has 28 heavy (non-hydrogen) atoms. The first-order valence-electron chi connectivity index (χ1n) is 8.23. The second-order valence-corrected chi connectivity index (χ2v) is 5.59. The minimum absolute atomic E-state index is 0.0308. The van der Waals surface area contributed by atoms with Crippen LogP contribution in [-0.4, -0.2) is 37.4 Å². The lowest BCUT2D eigenvalue weighted by Crippen LogP contribution is -2.23. The molecule has 0 saturated heterocycles. The molecule has 0 aliphatic rings. The number of amides is 1. The Labute approximate surface area is 160 Å². The van der Waals surface area contributed by atoms with E-state index in [2.05, 4.69) is 15.5 Å². The summed E-state index contributed by atoms with van der Waals surface area (Å²) in [5.41, 5.74) is 0.511. The molecule has 0 atom stereocenters. The van der Waals surface area contributed by atoms with Gasteiger partial charge in [0.05, 0.1) is 33.4 Å². The molecule has 146 valence electrons. The van der Waals surface area contributed by atoms with Gasteiger partial charge in [0.2, 0.25) is 17.5 Å². The molecule has 3 aromatic rings. The van der Waals surface area contributed by atoms with Crippen LogP contribution in [0.15, 0.2) is 40.9 Å². The number of benzene rings is 2. The Morgan fingerprint density at radius 1 is 1.11 bits per heavy atom. The second kappa shape index (κ2) is 8.38. The third-order valence-corrected chi connectivity index (χ3v) is 3.91. The summed E-state index contributed by atoms with van der Waals surface area (Å²) in [5.74, 6) is 0.460. The molecule has 0 saturated carbocycles. The number of methoxy groups -OCH3 is 3. The Hall–Kier alpha value is -3.62. The van der Waals surface area contributed by atoms with Crippen molar-refractivity contribution < 1.29 is 27.9 Å². The van der Waals surface area contributed by atoms with Gasteiger partial charge in [-0.15, -0.1) is 0 Å². The van der Waals surface area contributed by atoms with E-state index in [-0.39, 0.29) is 23.8 Å². The number of carbonyl (C=O) groups excluding carboxylic acids is 1. The third-order valence-electron chi connectivity index (χ3n) is 3.91. The van der Waals surface area contributed by atoms with Gasteiger partial charge in [0.1, 0.15) is 5.82 Å². The second-order valence-electron chi connectivity index (χ2n) is 5.59. The van der Waals surface area contributed by atoms with E-state index >= 15 is 0 Å². The lowest BCUT2D eigenvalue weighted by atomic mass is 10.1. The molecule has 0 fully saturated rings. The Morgan fingerprint density at radius 2 is 1.79 bits per heavy atom. The van der Waals surface area contributed by atoms with Crippen molar-refractivity contribution in [1.29, 1.82) is 0 Å². The van der Waals surface area contributed by atoms with Crippen LogP contribution in [0.2, 0.25) is 0 Å². The van der Waals surface area contributed by atoms with Crippen LogP contribution in [-0.2, 0) is 6.54 Å². The predicted molar refractivity (Wildman–Crippen MR) is 97.0 cm³/mol. The van der Waals surface area contributed by atoms with Crippen LogP contribution in [0.25, 0.3) is 11.4 Å². The highest BCUT2D eigenvalue weighted by Gasteiger charge is 2.18. The number of nitrogens with one attached hydrogen (secondary N) is 1. The summed E-state index contributed by atoms with van der Waals surface area (Å²) in [5, 5.41) is 6.40. The maximum Gasteiger partial charge on any atom is 0.251 e. The molecule has 1 aromatic heterocycles. The van der Waals surface area contributed by atoms with Crippen molar-refractivity contribution in [2.45, 2.75) is 6.54 Å². The average molecular weight is 387 g/mol. The third kappa shape index (κ3) is 3.88. The molecule has 0 aliphatic carbocycles. The topological polar surface area (TPSA) is 95.7 Å². The van der Waals surface area contributed by atoms with Gasteiger partial charge in [-0.3, -0.25) is 4.79 Å². The van der Waals surface area contributed by atoms with E-state index in [1.165, 1.54) is 39.5 Å². The Bertz CT molecular complexity index is 964. The Morgan fingerprint density at radius 3 is 2.39 bits per heavy atom. The van der Waals surface area contributed by atoms with E-state index in [1.54, 1.807) is 18.2 Å². The maximum absolute atomic E-state index is 13.8. The van der Waals surface area contributed by atoms with Gasteiger partial charge in [0.15, 0.2) is 11.5 Å². The minimum Gasteiger partial charge on any atom is -0.493 e.